The molecular weight excluding hydrogens is 306 g/mol. The van der Waals surface area contributed by atoms with Gasteiger partial charge in [0.1, 0.15) is 12.3 Å². The lowest BCUT2D eigenvalue weighted by molar-refractivity contribution is -0.136. The minimum absolute atomic E-state index is 0.162. The highest BCUT2D eigenvalue weighted by molar-refractivity contribution is 5.92. The van der Waals surface area contributed by atoms with E-state index in [0.717, 1.165) is 17.9 Å². The maximum atomic E-state index is 12.0. The number of methoxy groups -OCH3 is 1. The molecule has 1 aromatic rings. The summed E-state index contributed by atoms with van der Waals surface area (Å²) in [6, 6.07) is 9.41. The van der Waals surface area contributed by atoms with Gasteiger partial charge < -0.3 is 9.47 Å². The van der Waals surface area contributed by atoms with Gasteiger partial charge in [-0.3, -0.25) is 5.32 Å². The van der Waals surface area contributed by atoms with Crippen molar-refractivity contribution in [1.29, 1.82) is 0 Å². The minimum atomic E-state index is -0.640. The van der Waals surface area contributed by atoms with Gasteiger partial charge in [-0.25, -0.2) is 9.59 Å². The molecule has 0 heterocycles. The number of esters is 1. The molecule has 2 aliphatic carbocycles. The second-order valence-corrected chi connectivity index (χ2v) is 6.60. The Kier molecular flexibility index (Phi) is 5.18. The van der Waals surface area contributed by atoms with Crippen LogP contribution in [0, 0.1) is 17.8 Å². The van der Waals surface area contributed by atoms with Gasteiger partial charge in [0.15, 0.2) is 0 Å². The second kappa shape index (κ2) is 7.51. The van der Waals surface area contributed by atoms with Gasteiger partial charge in [0.05, 0.1) is 7.11 Å². The number of ether oxygens (including phenoxy) is 2. The lowest BCUT2D eigenvalue weighted by atomic mass is 9.88. The highest BCUT2D eigenvalue weighted by Gasteiger charge is 2.39. The maximum Gasteiger partial charge on any atom is 0.412 e. The highest BCUT2D eigenvalue weighted by Crippen LogP contribution is 2.49. The number of fused-ring (bicyclic) bond motifs is 2. The van der Waals surface area contributed by atoms with Gasteiger partial charge in [0.25, 0.3) is 0 Å². The molecule has 0 aromatic heterocycles. The Hall–Kier alpha value is -2.30. The summed E-state index contributed by atoms with van der Waals surface area (Å²) in [4.78, 5) is 24.0. The van der Waals surface area contributed by atoms with Crippen molar-refractivity contribution in [2.75, 3.05) is 7.11 Å². The zero-order valence-corrected chi connectivity index (χ0v) is 13.9. The van der Waals surface area contributed by atoms with E-state index in [1.54, 1.807) is 0 Å². The van der Waals surface area contributed by atoms with Crippen LogP contribution < -0.4 is 5.32 Å². The Morgan fingerprint density at radius 3 is 2.62 bits per heavy atom. The molecule has 2 aliphatic rings. The monoisotopic (exact) mass is 329 g/mol. The average Bonchev–Trinajstić information content (AvgIpc) is 3.22. The highest BCUT2D eigenvalue weighted by atomic mass is 16.6. The lowest BCUT2D eigenvalue weighted by Gasteiger charge is -2.19. The summed E-state index contributed by atoms with van der Waals surface area (Å²) in [7, 11) is 1.31. The van der Waals surface area contributed by atoms with E-state index in [1.165, 1.54) is 26.4 Å². The third kappa shape index (κ3) is 3.96. The van der Waals surface area contributed by atoms with Gasteiger partial charge in [-0.1, -0.05) is 36.8 Å². The Morgan fingerprint density at radius 1 is 1.21 bits per heavy atom. The zero-order chi connectivity index (χ0) is 16.9. The molecule has 0 spiro atoms. The van der Waals surface area contributed by atoms with Gasteiger partial charge in [-0.2, -0.15) is 0 Å². The van der Waals surface area contributed by atoms with Gasteiger partial charge in [-0.05, 0) is 48.7 Å². The van der Waals surface area contributed by atoms with Crippen molar-refractivity contribution in [3.63, 3.8) is 0 Å². The molecule has 128 valence electrons. The molecular formula is C19H23NO4. The number of hydrogen-bond donors (Lipinski definition) is 1. The van der Waals surface area contributed by atoms with E-state index in [9.17, 15) is 9.59 Å². The van der Waals surface area contributed by atoms with Crippen LogP contribution in [0.4, 0.5) is 4.79 Å². The summed E-state index contributed by atoms with van der Waals surface area (Å²) in [5.41, 5.74) is 1.08. The maximum absolute atomic E-state index is 12.0. The Balaban J connectivity index is 1.59. The van der Waals surface area contributed by atoms with Gasteiger partial charge in [0, 0.05) is 0 Å². The first-order valence-corrected chi connectivity index (χ1v) is 8.43. The van der Waals surface area contributed by atoms with Gasteiger partial charge in [-0.15, -0.1) is 0 Å². The predicted octanol–water partition coefficient (Wildman–Crippen LogP) is 3.41. The largest absolute Gasteiger partial charge is 0.464 e. The minimum Gasteiger partial charge on any atom is -0.464 e. The van der Waals surface area contributed by atoms with E-state index in [-0.39, 0.29) is 12.3 Å². The van der Waals surface area contributed by atoms with Crippen LogP contribution in [0.3, 0.4) is 0 Å². The molecule has 2 bridgehead atoms. The summed E-state index contributed by atoms with van der Waals surface area (Å²) in [5, 5.41) is 2.55. The molecule has 2 fully saturated rings. The second-order valence-electron chi connectivity index (χ2n) is 6.60. The van der Waals surface area contributed by atoms with Crippen molar-refractivity contribution in [3.05, 3.63) is 47.7 Å². The van der Waals surface area contributed by atoms with Gasteiger partial charge in [0.2, 0.25) is 0 Å². The van der Waals surface area contributed by atoms with E-state index < -0.39 is 12.1 Å². The number of benzene rings is 1. The zero-order valence-electron chi connectivity index (χ0n) is 13.9. The number of hydrogen-bond acceptors (Lipinski definition) is 4. The fourth-order valence-electron chi connectivity index (χ4n) is 3.85. The quantitative estimate of drug-likeness (QED) is 0.664. The normalized spacial score (nSPS) is 25.4. The molecule has 3 rings (SSSR count). The van der Waals surface area contributed by atoms with E-state index >= 15 is 0 Å². The molecule has 2 saturated carbocycles. The lowest BCUT2D eigenvalue weighted by Crippen LogP contribution is -2.29. The van der Waals surface area contributed by atoms with E-state index in [1.807, 2.05) is 36.4 Å². The van der Waals surface area contributed by atoms with Crippen LogP contribution in [0.15, 0.2) is 42.1 Å². The van der Waals surface area contributed by atoms with Crippen LogP contribution in [0.1, 0.15) is 31.2 Å². The number of nitrogens with one attached hydrogen (secondary N) is 1. The first-order valence-electron chi connectivity index (χ1n) is 8.43. The summed E-state index contributed by atoms with van der Waals surface area (Å²) in [5.74, 6) is 1.19. The molecule has 24 heavy (non-hydrogen) atoms. The molecule has 3 unspecified atom stereocenters. The summed E-state index contributed by atoms with van der Waals surface area (Å²) in [6.45, 7) is 0.162. The van der Waals surface area contributed by atoms with Crippen LogP contribution in [0.2, 0.25) is 0 Å². The molecule has 5 heteroatoms. The number of amides is 1. The van der Waals surface area contributed by atoms with Gasteiger partial charge >= 0.3 is 12.1 Å². The first kappa shape index (κ1) is 16.6. The van der Waals surface area contributed by atoms with Crippen molar-refractivity contribution in [1.82, 2.24) is 5.32 Å². The van der Waals surface area contributed by atoms with Crippen molar-refractivity contribution >= 4 is 12.1 Å². The first-order chi connectivity index (χ1) is 11.7. The number of alkyl carbamates (subject to hydrolysis) is 1. The summed E-state index contributed by atoms with van der Waals surface area (Å²) in [6.07, 6.45) is 6.03. The number of rotatable bonds is 5. The molecule has 3 atom stereocenters. The van der Waals surface area contributed by atoms with Crippen LogP contribution in [-0.2, 0) is 20.9 Å². The van der Waals surface area contributed by atoms with Crippen LogP contribution in [0.25, 0.3) is 0 Å². The average molecular weight is 329 g/mol. The third-order valence-corrected chi connectivity index (χ3v) is 5.03. The van der Waals surface area contributed by atoms with E-state index in [2.05, 4.69) is 5.32 Å². The number of allylic oxidation sites excluding steroid dienone is 1. The molecule has 0 saturated heterocycles. The van der Waals surface area contributed by atoms with Crippen molar-refractivity contribution in [3.8, 4) is 0 Å². The molecule has 5 nitrogen and oxygen atoms in total. The third-order valence-electron chi connectivity index (χ3n) is 5.03. The molecule has 0 radical (unpaired) electrons. The Bertz CT molecular complexity index is 626. The van der Waals surface area contributed by atoms with Crippen LogP contribution in [-0.4, -0.2) is 19.2 Å². The fourth-order valence-corrected chi connectivity index (χ4v) is 3.85. The molecule has 1 amide bonds. The molecule has 1 aromatic carbocycles. The molecule has 1 N–H and O–H groups in total. The standard InChI is InChI=1S/C19H23NO4/c1-23-18(21)17(11-16-10-14-7-8-15(16)9-14)20-19(22)24-12-13-5-3-2-4-6-13/h2-6,11,14-16H,7-10,12H2,1H3,(H,20,22)/b17-11+. The van der Waals surface area contributed by atoms with E-state index in [0.29, 0.717) is 11.8 Å². The fraction of sp³-hybridized carbons (Fsp3) is 0.474. The molecule has 0 aliphatic heterocycles. The summed E-state index contributed by atoms with van der Waals surface area (Å²) >= 11 is 0. The summed E-state index contributed by atoms with van der Waals surface area (Å²) < 4.78 is 9.97. The number of carbonyl (C=O) groups excluding carboxylic acids is 2. The van der Waals surface area contributed by atoms with Crippen molar-refractivity contribution in [2.24, 2.45) is 17.8 Å². The Morgan fingerprint density at radius 2 is 2.00 bits per heavy atom. The van der Waals surface area contributed by atoms with Crippen molar-refractivity contribution < 1.29 is 19.1 Å². The van der Waals surface area contributed by atoms with Crippen LogP contribution in [0.5, 0.6) is 0 Å². The predicted molar refractivity (Wildman–Crippen MR) is 88.8 cm³/mol. The topological polar surface area (TPSA) is 64.6 Å². The number of carbonyl (C=O) groups is 2. The van der Waals surface area contributed by atoms with Crippen LogP contribution >= 0.6 is 0 Å². The smallest absolute Gasteiger partial charge is 0.412 e. The van der Waals surface area contributed by atoms with E-state index in [4.69, 9.17) is 9.47 Å². The SMILES string of the molecule is COC(=O)/C(=C\C1CC2CCC1C2)NC(=O)OCc1ccccc1. The van der Waals surface area contributed by atoms with Crippen molar-refractivity contribution in [2.45, 2.75) is 32.3 Å². The Labute approximate surface area is 142 Å².